The van der Waals surface area contributed by atoms with Crippen LogP contribution in [0, 0.1) is 5.82 Å². The lowest BCUT2D eigenvalue weighted by Crippen LogP contribution is -2.41. The molecule has 0 fully saturated rings. The van der Waals surface area contributed by atoms with Crippen molar-refractivity contribution < 1.29 is 53.4 Å². The Balaban J connectivity index is 1.91. The van der Waals surface area contributed by atoms with E-state index in [4.69, 9.17) is 0 Å². The lowest BCUT2D eigenvalue weighted by atomic mass is 10.1. The molecule has 2 N–H and O–H groups in total. The highest BCUT2D eigenvalue weighted by Gasteiger charge is 2.44. The Kier molecular flexibility index (Phi) is 8.95. The van der Waals surface area contributed by atoms with E-state index in [1.807, 2.05) is 0 Å². The number of nitrogens with zero attached hydrogens (tertiary/aromatic N) is 1. The van der Waals surface area contributed by atoms with Crippen LogP contribution in [0.5, 0.6) is 5.75 Å². The minimum Gasteiger partial charge on any atom is -0.428 e. The van der Waals surface area contributed by atoms with E-state index in [0.717, 1.165) is 53.4 Å². The van der Waals surface area contributed by atoms with E-state index < -0.39 is 59.5 Å². The minimum atomic E-state index is -5.04. The number of nitrogens with one attached hydrogen (secondary N) is 1. The summed E-state index contributed by atoms with van der Waals surface area (Å²) in [6.07, 6.45) is -16.9. The molecule has 3 aromatic rings. The van der Waals surface area contributed by atoms with Gasteiger partial charge in [0.1, 0.15) is 11.6 Å². The molecule has 0 saturated heterocycles. The number of ether oxygens (including phenoxy) is 1. The molecule has 0 spiro atoms. The number of anilines is 2. The Bertz CT molecular complexity index is 1370. The molecule has 6 nitrogen and oxygen atoms in total. The number of benzene rings is 3. The van der Waals surface area contributed by atoms with Crippen molar-refractivity contribution in [2.24, 2.45) is 0 Å². The highest BCUT2D eigenvalue weighted by Crippen LogP contribution is 2.30. The van der Waals surface area contributed by atoms with Crippen molar-refractivity contribution >= 4 is 21.4 Å². The maximum atomic E-state index is 13.3. The standard InChI is InChI=1S/C24H20F8N2O4S/c25-16-7-9-20(10-8-16)39(36,37)33-17-4-2-5-18(12-17)34(14-21(35)23(28,29)30)13-15-3-1-6-19(11-15)38-24(31,32)22(26)27/h1-12,21-22,33,35H,13-14H2. The van der Waals surface area contributed by atoms with Gasteiger partial charge in [-0.1, -0.05) is 18.2 Å². The number of rotatable bonds is 11. The van der Waals surface area contributed by atoms with Crippen molar-refractivity contribution in [2.75, 3.05) is 16.2 Å². The summed E-state index contributed by atoms with van der Waals surface area (Å²) in [5.41, 5.74) is -0.0805. The van der Waals surface area contributed by atoms with E-state index in [1.54, 1.807) is 0 Å². The van der Waals surface area contributed by atoms with Crippen molar-refractivity contribution in [1.82, 2.24) is 0 Å². The molecule has 0 heterocycles. The molecule has 1 atom stereocenters. The van der Waals surface area contributed by atoms with E-state index in [1.165, 1.54) is 24.3 Å². The second-order valence-corrected chi connectivity index (χ2v) is 9.84. The number of hydrogen-bond donors (Lipinski definition) is 2. The molecular weight excluding hydrogens is 564 g/mol. The zero-order chi connectivity index (χ0) is 29.0. The monoisotopic (exact) mass is 584 g/mol. The fraction of sp³-hybridized carbons (Fsp3) is 0.250. The topological polar surface area (TPSA) is 78.9 Å². The highest BCUT2D eigenvalue weighted by atomic mass is 32.2. The summed E-state index contributed by atoms with van der Waals surface area (Å²) in [4.78, 5) is 0.675. The average molecular weight is 584 g/mol. The first-order valence-corrected chi connectivity index (χ1v) is 12.4. The summed E-state index contributed by atoms with van der Waals surface area (Å²) >= 11 is 0. The quantitative estimate of drug-likeness (QED) is 0.279. The van der Waals surface area contributed by atoms with E-state index in [2.05, 4.69) is 9.46 Å². The Morgan fingerprint density at radius 1 is 0.923 bits per heavy atom. The number of sulfonamides is 1. The lowest BCUT2D eigenvalue weighted by molar-refractivity contribution is -0.253. The van der Waals surface area contributed by atoms with Crippen molar-refractivity contribution in [3.8, 4) is 5.75 Å². The molecule has 0 aromatic heterocycles. The number of halogens is 8. The minimum absolute atomic E-state index is 0.0261. The zero-order valence-electron chi connectivity index (χ0n) is 19.5. The first kappa shape index (κ1) is 30.0. The molecule has 0 aliphatic heterocycles. The number of aliphatic hydroxyl groups excluding tert-OH is 1. The van der Waals surface area contributed by atoms with Crippen molar-refractivity contribution in [3.05, 3.63) is 84.2 Å². The number of hydrogen-bond acceptors (Lipinski definition) is 5. The molecule has 0 aliphatic rings. The van der Waals surface area contributed by atoms with Gasteiger partial charge in [0.25, 0.3) is 10.0 Å². The predicted molar refractivity (Wildman–Crippen MR) is 125 cm³/mol. The van der Waals surface area contributed by atoms with Gasteiger partial charge in [0.05, 0.1) is 17.1 Å². The summed E-state index contributed by atoms with van der Waals surface area (Å²) in [6, 6.07) is 13.2. The molecule has 15 heteroatoms. The van der Waals surface area contributed by atoms with E-state index >= 15 is 0 Å². The van der Waals surface area contributed by atoms with Gasteiger partial charge in [-0.25, -0.2) is 12.8 Å². The summed E-state index contributed by atoms with van der Waals surface area (Å²) in [6.45, 7) is -1.52. The van der Waals surface area contributed by atoms with Gasteiger partial charge in [-0.15, -0.1) is 0 Å². The summed E-state index contributed by atoms with van der Waals surface area (Å²) in [5, 5.41) is 9.67. The first-order valence-electron chi connectivity index (χ1n) is 10.9. The fourth-order valence-corrected chi connectivity index (χ4v) is 4.35. The maximum Gasteiger partial charge on any atom is 0.461 e. The number of aliphatic hydroxyl groups is 1. The van der Waals surface area contributed by atoms with Gasteiger partial charge in [0.15, 0.2) is 6.10 Å². The third-order valence-corrected chi connectivity index (χ3v) is 6.54. The van der Waals surface area contributed by atoms with Crippen molar-refractivity contribution in [2.45, 2.75) is 36.3 Å². The van der Waals surface area contributed by atoms with Gasteiger partial charge in [0, 0.05) is 12.2 Å². The van der Waals surface area contributed by atoms with Crippen LogP contribution in [0.15, 0.2) is 77.7 Å². The van der Waals surface area contributed by atoms with E-state index in [-0.39, 0.29) is 21.8 Å². The maximum absolute atomic E-state index is 13.3. The van der Waals surface area contributed by atoms with Crippen LogP contribution in [0.4, 0.5) is 46.5 Å². The van der Waals surface area contributed by atoms with E-state index in [9.17, 15) is 48.6 Å². The molecule has 0 aliphatic carbocycles. The largest absolute Gasteiger partial charge is 0.461 e. The molecule has 0 bridgehead atoms. The Morgan fingerprint density at radius 2 is 1.56 bits per heavy atom. The predicted octanol–water partition coefficient (Wildman–Crippen LogP) is 5.79. The van der Waals surface area contributed by atoms with Crippen LogP contribution in [0.2, 0.25) is 0 Å². The molecule has 3 rings (SSSR count). The third-order valence-electron chi connectivity index (χ3n) is 5.14. The zero-order valence-corrected chi connectivity index (χ0v) is 20.4. The van der Waals surface area contributed by atoms with Crippen molar-refractivity contribution in [1.29, 1.82) is 0 Å². The summed E-state index contributed by atoms with van der Waals surface area (Å²) in [5.74, 6) is -1.36. The second-order valence-electron chi connectivity index (χ2n) is 8.16. The molecule has 0 radical (unpaired) electrons. The van der Waals surface area contributed by atoms with Gasteiger partial charge >= 0.3 is 18.7 Å². The normalized spacial score (nSPS) is 13.3. The van der Waals surface area contributed by atoms with Crippen LogP contribution >= 0.6 is 0 Å². The van der Waals surface area contributed by atoms with Crippen LogP contribution < -0.4 is 14.4 Å². The molecule has 0 saturated carbocycles. The van der Waals surface area contributed by atoms with Crippen LogP contribution in [-0.4, -0.2) is 44.9 Å². The lowest BCUT2D eigenvalue weighted by Gasteiger charge is -2.29. The fourth-order valence-electron chi connectivity index (χ4n) is 3.30. The molecule has 39 heavy (non-hydrogen) atoms. The van der Waals surface area contributed by atoms with Gasteiger partial charge in [-0.3, -0.25) is 4.72 Å². The van der Waals surface area contributed by atoms with Crippen LogP contribution in [0.25, 0.3) is 0 Å². The Labute approximate surface area is 217 Å². The Hall–Kier alpha value is -3.59. The van der Waals surface area contributed by atoms with Crippen molar-refractivity contribution in [3.63, 3.8) is 0 Å². The SMILES string of the molecule is O=S(=O)(Nc1cccc(N(Cc2cccc(OC(F)(F)C(F)F)c2)CC(O)C(F)(F)F)c1)c1ccc(F)cc1. The van der Waals surface area contributed by atoms with Gasteiger partial charge in [-0.05, 0) is 60.2 Å². The summed E-state index contributed by atoms with van der Waals surface area (Å²) in [7, 11) is -4.22. The molecular formula is C24H20F8N2O4S. The van der Waals surface area contributed by atoms with Gasteiger partial charge in [0.2, 0.25) is 0 Å². The molecule has 1 unspecified atom stereocenters. The molecule has 0 amide bonds. The van der Waals surface area contributed by atoms with Gasteiger partial charge < -0.3 is 14.7 Å². The Morgan fingerprint density at radius 3 is 2.18 bits per heavy atom. The second kappa shape index (κ2) is 11.7. The van der Waals surface area contributed by atoms with E-state index in [0.29, 0.717) is 0 Å². The van der Waals surface area contributed by atoms with Crippen LogP contribution in [0.3, 0.4) is 0 Å². The average Bonchev–Trinajstić information content (AvgIpc) is 2.83. The summed E-state index contributed by atoms with van der Waals surface area (Å²) < 4.78 is 136. The highest BCUT2D eigenvalue weighted by molar-refractivity contribution is 7.92. The van der Waals surface area contributed by atoms with Crippen LogP contribution in [-0.2, 0) is 16.6 Å². The smallest absolute Gasteiger partial charge is 0.428 e. The third kappa shape index (κ3) is 8.20. The van der Waals surface area contributed by atoms with Gasteiger partial charge in [-0.2, -0.15) is 30.7 Å². The molecule has 3 aromatic carbocycles. The van der Waals surface area contributed by atoms with Crippen LogP contribution in [0.1, 0.15) is 5.56 Å². The first-order chi connectivity index (χ1) is 18.1. The molecule has 212 valence electrons. The number of alkyl halides is 7.